The number of carbonyl (C=O) groups excluding carboxylic acids is 1. The molecule has 1 amide bonds. The number of halogens is 1. The zero-order valence-corrected chi connectivity index (χ0v) is 13.8. The van der Waals surface area contributed by atoms with Crippen molar-refractivity contribution >= 4 is 28.9 Å². The van der Waals surface area contributed by atoms with E-state index in [0.717, 1.165) is 37.7 Å². The quantitative estimate of drug-likeness (QED) is 0.859. The number of amides is 1. The number of nitrogens with zero attached hydrogens (tertiary/aromatic N) is 2. The fraction of sp³-hybridized carbons (Fsp3) is 0.353. The van der Waals surface area contributed by atoms with Gasteiger partial charge < -0.3 is 19.0 Å². The van der Waals surface area contributed by atoms with Gasteiger partial charge >= 0.3 is 0 Å². The Hall–Kier alpha value is -1.98. The van der Waals surface area contributed by atoms with E-state index < -0.39 is 0 Å². The topological polar surface area (TPSA) is 45.9 Å². The van der Waals surface area contributed by atoms with Crippen LogP contribution >= 0.6 is 11.6 Å². The number of morpholine rings is 1. The van der Waals surface area contributed by atoms with Gasteiger partial charge in [-0.1, -0.05) is 0 Å². The molecule has 0 saturated carbocycles. The van der Waals surface area contributed by atoms with Gasteiger partial charge in [-0.3, -0.25) is 4.79 Å². The van der Waals surface area contributed by atoms with Gasteiger partial charge in [0, 0.05) is 31.0 Å². The first-order valence-electron chi connectivity index (χ1n) is 7.69. The van der Waals surface area contributed by atoms with Crippen molar-refractivity contribution < 1.29 is 13.9 Å². The van der Waals surface area contributed by atoms with Crippen LogP contribution in [0.4, 0.5) is 11.4 Å². The van der Waals surface area contributed by atoms with Crippen LogP contribution in [0.1, 0.15) is 17.5 Å². The lowest BCUT2D eigenvalue weighted by Crippen LogP contribution is -2.36. The van der Waals surface area contributed by atoms with E-state index in [-0.39, 0.29) is 16.9 Å². The van der Waals surface area contributed by atoms with Crippen molar-refractivity contribution in [1.82, 2.24) is 0 Å². The van der Waals surface area contributed by atoms with Crippen molar-refractivity contribution in [3.8, 4) is 0 Å². The van der Waals surface area contributed by atoms with Crippen molar-refractivity contribution in [3.63, 3.8) is 0 Å². The Balaban J connectivity index is 1.77. The number of hydrogen-bond donors (Lipinski definition) is 0. The number of anilines is 2. The fourth-order valence-corrected chi connectivity index (χ4v) is 2.82. The van der Waals surface area contributed by atoms with Crippen LogP contribution in [0.3, 0.4) is 0 Å². The zero-order valence-electron chi connectivity index (χ0n) is 13.0. The largest absolute Gasteiger partial charge is 0.440 e. The molecule has 0 bridgehead atoms. The van der Waals surface area contributed by atoms with Gasteiger partial charge in [-0.25, -0.2) is 0 Å². The molecule has 0 atom stereocenters. The van der Waals surface area contributed by atoms with Crippen LogP contribution in [0.15, 0.2) is 40.8 Å². The van der Waals surface area contributed by atoms with E-state index >= 15 is 0 Å². The second kappa shape index (κ2) is 7.06. The van der Waals surface area contributed by atoms with Crippen molar-refractivity contribution in [3.05, 3.63) is 47.4 Å². The zero-order chi connectivity index (χ0) is 16.2. The van der Waals surface area contributed by atoms with Crippen LogP contribution in [-0.2, 0) is 4.74 Å². The Morgan fingerprint density at radius 1 is 1.17 bits per heavy atom. The van der Waals surface area contributed by atoms with E-state index in [1.54, 1.807) is 17.0 Å². The normalized spacial score (nSPS) is 14.8. The van der Waals surface area contributed by atoms with Crippen LogP contribution < -0.4 is 9.80 Å². The molecular weight excluding hydrogens is 316 g/mol. The molecule has 3 rings (SSSR count). The second-order valence-electron chi connectivity index (χ2n) is 5.27. The highest BCUT2D eigenvalue weighted by atomic mass is 35.5. The van der Waals surface area contributed by atoms with Gasteiger partial charge in [0.1, 0.15) is 0 Å². The molecule has 0 radical (unpaired) electrons. The molecular formula is C17H19ClN2O3. The van der Waals surface area contributed by atoms with E-state index in [0.29, 0.717) is 6.54 Å². The summed E-state index contributed by atoms with van der Waals surface area (Å²) in [5.41, 5.74) is 1.98. The molecule has 0 aliphatic carbocycles. The summed E-state index contributed by atoms with van der Waals surface area (Å²) in [4.78, 5) is 16.5. The Labute approximate surface area is 140 Å². The van der Waals surface area contributed by atoms with Gasteiger partial charge in [-0.15, -0.1) is 0 Å². The highest BCUT2D eigenvalue weighted by Crippen LogP contribution is 2.24. The molecule has 5 nitrogen and oxygen atoms in total. The fourth-order valence-electron chi connectivity index (χ4n) is 2.67. The molecule has 1 aliphatic rings. The predicted molar refractivity (Wildman–Crippen MR) is 90.5 cm³/mol. The molecule has 0 spiro atoms. The minimum atomic E-state index is -0.196. The standard InChI is InChI=1S/C17H19ClN2O3/c1-2-20(17(21)15-7-8-16(18)23-15)14-5-3-13(4-6-14)19-9-11-22-12-10-19/h3-8H,2,9-12H2,1H3. The van der Waals surface area contributed by atoms with Crippen LogP contribution in [0.25, 0.3) is 0 Å². The average Bonchev–Trinajstić information content (AvgIpc) is 3.03. The molecule has 6 heteroatoms. The smallest absolute Gasteiger partial charge is 0.294 e. The Morgan fingerprint density at radius 3 is 2.43 bits per heavy atom. The van der Waals surface area contributed by atoms with E-state index in [4.69, 9.17) is 20.8 Å². The van der Waals surface area contributed by atoms with Gasteiger partial charge in [0.15, 0.2) is 11.0 Å². The van der Waals surface area contributed by atoms with Crippen LogP contribution in [-0.4, -0.2) is 38.8 Å². The van der Waals surface area contributed by atoms with Crippen molar-refractivity contribution in [1.29, 1.82) is 0 Å². The lowest BCUT2D eigenvalue weighted by molar-refractivity contribution is 0.0962. The van der Waals surface area contributed by atoms with Gasteiger partial charge in [0.25, 0.3) is 5.91 Å². The van der Waals surface area contributed by atoms with Crippen LogP contribution in [0.2, 0.25) is 5.22 Å². The molecule has 1 aromatic carbocycles. The first-order valence-corrected chi connectivity index (χ1v) is 8.07. The molecule has 122 valence electrons. The molecule has 2 aromatic rings. The average molecular weight is 335 g/mol. The second-order valence-corrected chi connectivity index (χ2v) is 5.64. The Morgan fingerprint density at radius 2 is 1.87 bits per heavy atom. The van der Waals surface area contributed by atoms with E-state index in [1.807, 2.05) is 31.2 Å². The van der Waals surface area contributed by atoms with Gasteiger partial charge in [0.05, 0.1) is 13.2 Å². The monoisotopic (exact) mass is 334 g/mol. The third-order valence-electron chi connectivity index (χ3n) is 3.88. The van der Waals surface area contributed by atoms with E-state index in [1.165, 1.54) is 0 Å². The van der Waals surface area contributed by atoms with Gasteiger partial charge in [0.2, 0.25) is 0 Å². The molecule has 0 N–H and O–H groups in total. The first-order chi connectivity index (χ1) is 11.2. The van der Waals surface area contributed by atoms with E-state index in [9.17, 15) is 4.79 Å². The van der Waals surface area contributed by atoms with E-state index in [2.05, 4.69) is 4.90 Å². The highest BCUT2D eigenvalue weighted by Gasteiger charge is 2.20. The molecule has 1 fully saturated rings. The Kier molecular flexibility index (Phi) is 4.88. The lowest BCUT2D eigenvalue weighted by atomic mass is 10.2. The van der Waals surface area contributed by atoms with Crippen molar-refractivity contribution in [2.45, 2.75) is 6.92 Å². The SMILES string of the molecule is CCN(C(=O)c1ccc(Cl)o1)c1ccc(N2CCOCC2)cc1. The number of benzene rings is 1. The summed E-state index contributed by atoms with van der Waals surface area (Å²) >= 11 is 5.75. The molecule has 23 heavy (non-hydrogen) atoms. The van der Waals surface area contributed by atoms with Crippen LogP contribution in [0, 0.1) is 0 Å². The molecule has 2 heterocycles. The number of ether oxygens (including phenoxy) is 1. The first kappa shape index (κ1) is 15.9. The maximum absolute atomic E-state index is 12.5. The summed E-state index contributed by atoms with van der Waals surface area (Å²) in [5.74, 6) is 0.0487. The van der Waals surface area contributed by atoms with Crippen molar-refractivity contribution in [2.75, 3.05) is 42.6 Å². The van der Waals surface area contributed by atoms with Crippen LogP contribution in [0.5, 0.6) is 0 Å². The summed E-state index contributed by atoms with van der Waals surface area (Å²) in [5, 5.41) is 0.215. The minimum absolute atomic E-state index is 0.196. The number of carbonyl (C=O) groups is 1. The molecule has 1 aliphatic heterocycles. The summed E-state index contributed by atoms with van der Waals surface area (Å²) in [6.07, 6.45) is 0. The third-order valence-corrected chi connectivity index (χ3v) is 4.09. The minimum Gasteiger partial charge on any atom is -0.440 e. The van der Waals surface area contributed by atoms with Gasteiger partial charge in [-0.2, -0.15) is 0 Å². The molecule has 1 aromatic heterocycles. The summed E-state index contributed by atoms with van der Waals surface area (Å²) in [6.45, 7) is 5.76. The summed E-state index contributed by atoms with van der Waals surface area (Å²) < 4.78 is 10.6. The highest BCUT2D eigenvalue weighted by molar-refractivity contribution is 6.29. The predicted octanol–water partition coefficient (Wildman–Crippen LogP) is 3.44. The maximum atomic E-state index is 12.5. The number of hydrogen-bond acceptors (Lipinski definition) is 4. The summed E-state index contributed by atoms with van der Waals surface area (Å²) in [6, 6.07) is 11.1. The third kappa shape index (κ3) is 3.51. The number of rotatable bonds is 4. The molecule has 0 unspecified atom stereocenters. The van der Waals surface area contributed by atoms with Gasteiger partial charge in [-0.05, 0) is 54.9 Å². The lowest BCUT2D eigenvalue weighted by Gasteiger charge is -2.29. The Bertz CT molecular complexity index is 663. The van der Waals surface area contributed by atoms with Crippen molar-refractivity contribution in [2.24, 2.45) is 0 Å². The number of furan rings is 1. The maximum Gasteiger partial charge on any atom is 0.294 e. The molecule has 1 saturated heterocycles. The summed E-state index contributed by atoms with van der Waals surface area (Å²) in [7, 11) is 0.